The Morgan fingerprint density at radius 1 is 1.24 bits per heavy atom. The lowest BCUT2D eigenvalue weighted by molar-refractivity contribution is 0.906. The van der Waals surface area contributed by atoms with Gasteiger partial charge in [0.25, 0.3) is 0 Å². The summed E-state index contributed by atoms with van der Waals surface area (Å²) >= 11 is 0. The summed E-state index contributed by atoms with van der Waals surface area (Å²) in [7, 11) is 1.75. The van der Waals surface area contributed by atoms with Crippen LogP contribution in [-0.4, -0.2) is 23.2 Å². The highest BCUT2D eigenvalue weighted by molar-refractivity contribution is 5.80. The summed E-state index contributed by atoms with van der Waals surface area (Å²) in [6, 6.07) is 9.92. The van der Waals surface area contributed by atoms with Gasteiger partial charge in [-0.15, -0.1) is 0 Å². The van der Waals surface area contributed by atoms with Crippen LogP contribution in [0.1, 0.15) is 11.3 Å². The van der Waals surface area contributed by atoms with Gasteiger partial charge in [-0.05, 0) is 6.92 Å². The van der Waals surface area contributed by atoms with Crippen LogP contribution in [0.5, 0.6) is 0 Å². The fourth-order valence-electron chi connectivity index (χ4n) is 1.46. The molecule has 4 heteroatoms. The number of hydrazone groups is 1. The second kappa shape index (κ2) is 5.21. The second-order valence-corrected chi connectivity index (χ2v) is 3.58. The topological polar surface area (TPSA) is 50.2 Å². The van der Waals surface area contributed by atoms with Crippen molar-refractivity contribution in [3.05, 3.63) is 47.8 Å². The number of hydrogen-bond acceptors (Lipinski definition) is 4. The maximum absolute atomic E-state index is 4.47. The second-order valence-electron chi connectivity index (χ2n) is 3.58. The molecule has 1 aromatic carbocycles. The van der Waals surface area contributed by atoms with E-state index in [2.05, 4.69) is 20.5 Å². The molecule has 0 saturated heterocycles. The van der Waals surface area contributed by atoms with E-state index < -0.39 is 0 Å². The van der Waals surface area contributed by atoms with Crippen LogP contribution in [0.4, 0.5) is 0 Å². The van der Waals surface area contributed by atoms with Gasteiger partial charge in [0.2, 0.25) is 0 Å². The summed E-state index contributed by atoms with van der Waals surface area (Å²) in [6.45, 7) is 1.95. The summed E-state index contributed by atoms with van der Waals surface area (Å²) in [6.07, 6.45) is 3.50. The normalized spacial score (nSPS) is 10.7. The molecule has 0 aliphatic carbocycles. The van der Waals surface area contributed by atoms with Crippen LogP contribution in [0.2, 0.25) is 0 Å². The molecule has 0 aliphatic heterocycles. The van der Waals surface area contributed by atoms with Gasteiger partial charge in [-0.25, -0.2) is 9.97 Å². The summed E-state index contributed by atoms with van der Waals surface area (Å²) in [4.78, 5) is 8.80. The number of nitrogens with one attached hydrogen (secondary N) is 1. The number of hydrogen-bond donors (Lipinski definition) is 1. The van der Waals surface area contributed by atoms with Gasteiger partial charge in [-0.1, -0.05) is 30.3 Å². The molecule has 4 nitrogen and oxygen atoms in total. The molecule has 0 saturated carbocycles. The van der Waals surface area contributed by atoms with E-state index in [9.17, 15) is 0 Å². The molecule has 0 bridgehead atoms. The van der Waals surface area contributed by atoms with Crippen LogP contribution < -0.4 is 5.43 Å². The van der Waals surface area contributed by atoms with Gasteiger partial charge in [0.15, 0.2) is 5.82 Å². The molecule has 0 unspecified atom stereocenters. The Hall–Kier alpha value is -2.23. The maximum atomic E-state index is 4.47. The Labute approximate surface area is 100 Å². The molecule has 1 N–H and O–H groups in total. The number of aromatic nitrogens is 2. The first-order valence-corrected chi connectivity index (χ1v) is 5.40. The van der Waals surface area contributed by atoms with Crippen LogP contribution in [0.3, 0.4) is 0 Å². The van der Waals surface area contributed by atoms with E-state index in [4.69, 9.17) is 0 Å². The molecule has 0 atom stereocenters. The van der Waals surface area contributed by atoms with E-state index in [1.165, 1.54) is 0 Å². The molecule has 1 aromatic heterocycles. The van der Waals surface area contributed by atoms with Crippen LogP contribution in [0.15, 0.2) is 41.6 Å². The van der Waals surface area contributed by atoms with Crippen molar-refractivity contribution in [1.29, 1.82) is 0 Å². The summed E-state index contributed by atoms with van der Waals surface area (Å²) < 4.78 is 0. The monoisotopic (exact) mass is 226 g/mol. The molecule has 86 valence electrons. The minimum absolute atomic E-state index is 0.740. The first kappa shape index (κ1) is 11.3. The van der Waals surface area contributed by atoms with Crippen molar-refractivity contribution in [3.63, 3.8) is 0 Å². The minimum atomic E-state index is 0.740. The Balaban J connectivity index is 2.34. The van der Waals surface area contributed by atoms with Gasteiger partial charge in [-0.2, -0.15) is 5.10 Å². The third kappa shape index (κ3) is 2.66. The summed E-state index contributed by atoms with van der Waals surface area (Å²) in [5.41, 5.74) is 5.56. The van der Waals surface area contributed by atoms with Crippen molar-refractivity contribution in [3.8, 4) is 11.4 Å². The maximum Gasteiger partial charge on any atom is 0.159 e. The van der Waals surface area contributed by atoms with Crippen molar-refractivity contribution in [2.75, 3.05) is 7.05 Å². The average Bonchev–Trinajstić information content (AvgIpc) is 2.38. The molecule has 0 spiro atoms. The summed E-state index contributed by atoms with van der Waals surface area (Å²) in [5, 5.41) is 3.95. The average molecular weight is 226 g/mol. The van der Waals surface area contributed by atoms with Crippen molar-refractivity contribution in [1.82, 2.24) is 15.4 Å². The van der Waals surface area contributed by atoms with Crippen molar-refractivity contribution >= 4 is 6.21 Å². The molecule has 2 aromatic rings. The lowest BCUT2D eigenvalue weighted by Crippen LogP contribution is -2.00. The van der Waals surface area contributed by atoms with Gasteiger partial charge < -0.3 is 5.43 Å². The Bertz CT molecular complexity index is 520. The molecule has 0 aliphatic rings. The van der Waals surface area contributed by atoms with E-state index in [1.54, 1.807) is 19.5 Å². The van der Waals surface area contributed by atoms with Gasteiger partial charge in [0, 0.05) is 24.4 Å². The molecule has 17 heavy (non-hydrogen) atoms. The van der Waals surface area contributed by atoms with Gasteiger partial charge in [-0.3, -0.25) is 0 Å². The van der Waals surface area contributed by atoms with Gasteiger partial charge in [0.1, 0.15) is 0 Å². The zero-order valence-electron chi connectivity index (χ0n) is 9.88. The van der Waals surface area contributed by atoms with Crippen LogP contribution >= 0.6 is 0 Å². The van der Waals surface area contributed by atoms with Crippen molar-refractivity contribution in [2.24, 2.45) is 5.10 Å². The smallest absolute Gasteiger partial charge is 0.159 e. The highest BCUT2D eigenvalue weighted by atomic mass is 15.3. The summed E-state index contributed by atoms with van der Waals surface area (Å²) in [5.74, 6) is 0.740. The fraction of sp³-hybridized carbons (Fsp3) is 0.154. The third-order valence-electron chi connectivity index (χ3n) is 2.38. The highest BCUT2D eigenvalue weighted by Gasteiger charge is 2.03. The zero-order valence-corrected chi connectivity index (χ0v) is 9.88. The van der Waals surface area contributed by atoms with Crippen molar-refractivity contribution < 1.29 is 0 Å². The van der Waals surface area contributed by atoms with E-state index in [-0.39, 0.29) is 0 Å². The predicted molar refractivity (Wildman–Crippen MR) is 68.9 cm³/mol. The van der Waals surface area contributed by atoms with Gasteiger partial charge >= 0.3 is 0 Å². The first-order chi connectivity index (χ1) is 8.31. The minimum Gasteiger partial charge on any atom is -0.313 e. The third-order valence-corrected chi connectivity index (χ3v) is 2.38. The van der Waals surface area contributed by atoms with Crippen LogP contribution in [0, 0.1) is 6.92 Å². The molecule has 0 fully saturated rings. The molecule has 1 heterocycles. The highest BCUT2D eigenvalue weighted by Crippen LogP contribution is 2.14. The number of rotatable bonds is 3. The van der Waals surface area contributed by atoms with Crippen LogP contribution in [-0.2, 0) is 0 Å². The van der Waals surface area contributed by atoms with E-state index in [1.807, 2.05) is 37.3 Å². The van der Waals surface area contributed by atoms with E-state index in [0.717, 1.165) is 22.6 Å². The predicted octanol–water partition coefficient (Wildman–Crippen LogP) is 2.01. The molecular formula is C13H14N4. The largest absolute Gasteiger partial charge is 0.313 e. The Morgan fingerprint density at radius 3 is 2.65 bits per heavy atom. The van der Waals surface area contributed by atoms with E-state index in [0.29, 0.717) is 0 Å². The SMILES string of the molecule is CN/N=C/c1cnc(-c2ccccc2)nc1C. The number of aryl methyl sites for hydroxylation is 1. The Kier molecular flexibility index (Phi) is 3.45. The molecule has 0 radical (unpaired) electrons. The van der Waals surface area contributed by atoms with E-state index >= 15 is 0 Å². The van der Waals surface area contributed by atoms with Crippen LogP contribution in [0.25, 0.3) is 11.4 Å². The lowest BCUT2D eigenvalue weighted by Gasteiger charge is -2.03. The molecule has 2 rings (SSSR count). The number of nitrogens with zero attached hydrogens (tertiary/aromatic N) is 3. The fourth-order valence-corrected chi connectivity index (χ4v) is 1.46. The first-order valence-electron chi connectivity index (χ1n) is 5.40. The Morgan fingerprint density at radius 2 is 2.00 bits per heavy atom. The molecule has 0 amide bonds. The zero-order chi connectivity index (χ0) is 12.1. The quantitative estimate of drug-likeness (QED) is 0.643. The lowest BCUT2D eigenvalue weighted by atomic mass is 10.2. The standard InChI is InChI=1S/C13H14N4/c1-10-12(9-16-14-2)8-15-13(17-10)11-6-4-3-5-7-11/h3-9,14H,1-2H3/b16-9+. The molecular weight excluding hydrogens is 212 g/mol. The van der Waals surface area contributed by atoms with Gasteiger partial charge in [0.05, 0.1) is 11.9 Å². The number of benzene rings is 1. The van der Waals surface area contributed by atoms with Crippen molar-refractivity contribution in [2.45, 2.75) is 6.92 Å².